The summed E-state index contributed by atoms with van der Waals surface area (Å²) in [7, 11) is 0. The van der Waals surface area contributed by atoms with Gasteiger partial charge < -0.3 is 19.6 Å². The van der Waals surface area contributed by atoms with Gasteiger partial charge in [0.15, 0.2) is 18.1 Å². The Kier molecular flexibility index (Phi) is 6.53. The van der Waals surface area contributed by atoms with Crippen molar-refractivity contribution in [1.29, 1.82) is 0 Å². The zero-order chi connectivity index (χ0) is 19.9. The van der Waals surface area contributed by atoms with E-state index in [4.69, 9.17) is 14.3 Å². The predicted molar refractivity (Wildman–Crippen MR) is 108 cm³/mol. The van der Waals surface area contributed by atoms with Crippen LogP contribution in [0, 0.1) is 5.92 Å². The van der Waals surface area contributed by atoms with Crippen molar-refractivity contribution in [3.63, 3.8) is 0 Å². The first-order valence-corrected chi connectivity index (χ1v) is 9.44. The zero-order valence-corrected chi connectivity index (χ0v) is 16.5. The van der Waals surface area contributed by atoms with Crippen LogP contribution in [-0.4, -0.2) is 25.0 Å². The third-order valence-corrected chi connectivity index (χ3v) is 4.43. The van der Waals surface area contributed by atoms with Crippen molar-refractivity contribution in [3.8, 4) is 11.5 Å². The second-order valence-corrected chi connectivity index (χ2v) is 7.18. The molecule has 6 nitrogen and oxygen atoms in total. The van der Waals surface area contributed by atoms with Crippen molar-refractivity contribution in [2.24, 2.45) is 11.1 Å². The first-order valence-electron chi connectivity index (χ1n) is 9.44. The number of nitrogens with zero attached hydrogens (tertiary/aromatic N) is 1. The number of hydrogen-bond donors (Lipinski definition) is 1. The van der Waals surface area contributed by atoms with Crippen LogP contribution < -0.4 is 14.8 Å². The lowest BCUT2D eigenvalue weighted by atomic mass is 9.97. The Labute approximate surface area is 165 Å². The van der Waals surface area contributed by atoms with Crippen LogP contribution in [0.15, 0.2) is 53.7 Å². The molecule has 0 fully saturated rings. The molecule has 0 saturated heterocycles. The number of hydrogen-bond acceptors (Lipinski definition) is 5. The molecular weight excluding hydrogens is 356 g/mol. The molecule has 0 saturated carbocycles. The highest BCUT2D eigenvalue weighted by molar-refractivity contribution is 5.99. The summed E-state index contributed by atoms with van der Waals surface area (Å²) >= 11 is 0. The van der Waals surface area contributed by atoms with Crippen molar-refractivity contribution in [2.45, 2.75) is 33.2 Å². The van der Waals surface area contributed by atoms with Gasteiger partial charge in [-0.3, -0.25) is 4.79 Å². The molecule has 1 N–H and O–H groups in total. The van der Waals surface area contributed by atoms with Crippen LogP contribution in [0.2, 0.25) is 0 Å². The van der Waals surface area contributed by atoms with Crippen molar-refractivity contribution in [2.75, 3.05) is 13.4 Å². The molecule has 0 aliphatic carbocycles. The molecule has 1 aliphatic rings. The second-order valence-electron chi connectivity index (χ2n) is 7.18. The van der Waals surface area contributed by atoms with E-state index < -0.39 is 0 Å². The average molecular weight is 382 g/mol. The summed E-state index contributed by atoms with van der Waals surface area (Å²) < 4.78 is 10.7. The van der Waals surface area contributed by atoms with E-state index in [1.807, 2.05) is 55.5 Å². The summed E-state index contributed by atoms with van der Waals surface area (Å²) in [5.41, 5.74) is 2.60. The van der Waals surface area contributed by atoms with Crippen molar-refractivity contribution in [3.05, 3.63) is 59.7 Å². The van der Waals surface area contributed by atoms with Crippen LogP contribution in [0.3, 0.4) is 0 Å². The van der Waals surface area contributed by atoms with Crippen LogP contribution in [0.1, 0.15) is 44.4 Å². The molecule has 0 aromatic heterocycles. The molecule has 0 bridgehead atoms. The van der Waals surface area contributed by atoms with E-state index in [2.05, 4.69) is 24.3 Å². The standard InChI is InChI=1S/C22H26N2O4/c1-15(2)11-19(17-7-5-4-6-8-17)23-22(25)13-28-24-16(3)18-9-10-20-21(12-18)27-14-26-20/h4-10,12,15,19H,11,13-14H2,1-3H3,(H,23,25)/b24-16+. The van der Waals surface area contributed by atoms with E-state index in [-0.39, 0.29) is 25.3 Å². The van der Waals surface area contributed by atoms with E-state index in [1.165, 1.54) is 0 Å². The van der Waals surface area contributed by atoms with Gasteiger partial charge >= 0.3 is 0 Å². The lowest BCUT2D eigenvalue weighted by Gasteiger charge is -2.21. The molecule has 1 amide bonds. The average Bonchev–Trinajstić information content (AvgIpc) is 3.15. The van der Waals surface area contributed by atoms with Crippen LogP contribution in [-0.2, 0) is 9.63 Å². The molecule has 2 aromatic rings. The molecule has 0 radical (unpaired) electrons. The molecule has 1 unspecified atom stereocenters. The number of carbonyl (C=O) groups excluding carboxylic acids is 1. The Balaban J connectivity index is 1.56. The summed E-state index contributed by atoms with van der Waals surface area (Å²) in [6.45, 7) is 6.18. The number of fused-ring (bicyclic) bond motifs is 1. The number of benzene rings is 2. The Morgan fingerprint density at radius 3 is 2.64 bits per heavy atom. The van der Waals surface area contributed by atoms with E-state index >= 15 is 0 Å². The minimum absolute atomic E-state index is 0.0452. The monoisotopic (exact) mass is 382 g/mol. The smallest absolute Gasteiger partial charge is 0.261 e. The number of nitrogens with one attached hydrogen (secondary N) is 1. The minimum Gasteiger partial charge on any atom is -0.454 e. The number of amides is 1. The number of carbonyl (C=O) groups is 1. The molecule has 1 atom stereocenters. The van der Waals surface area contributed by atoms with Crippen molar-refractivity contribution in [1.82, 2.24) is 5.32 Å². The Morgan fingerprint density at radius 1 is 1.14 bits per heavy atom. The SMILES string of the molecule is C/C(=N\OCC(=O)NC(CC(C)C)c1ccccc1)c1ccc2c(c1)OCO2. The Bertz CT molecular complexity index is 834. The maximum absolute atomic E-state index is 12.3. The van der Waals surface area contributed by atoms with Crippen LogP contribution in [0.5, 0.6) is 11.5 Å². The zero-order valence-electron chi connectivity index (χ0n) is 16.5. The van der Waals surface area contributed by atoms with Gasteiger partial charge in [-0.25, -0.2) is 0 Å². The summed E-state index contributed by atoms with van der Waals surface area (Å²) in [4.78, 5) is 17.6. The predicted octanol–water partition coefficient (Wildman–Crippen LogP) is 4.06. The lowest BCUT2D eigenvalue weighted by molar-refractivity contribution is -0.126. The third kappa shape index (κ3) is 5.25. The second kappa shape index (κ2) is 9.26. The summed E-state index contributed by atoms with van der Waals surface area (Å²) in [6.07, 6.45) is 0.856. The summed E-state index contributed by atoms with van der Waals surface area (Å²) in [6, 6.07) is 15.5. The maximum Gasteiger partial charge on any atom is 0.261 e. The fourth-order valence-electron chi connectivity index (χ4n) is 3.03. The van der Waals surface area contributed by atoms with Crippen LogP contribution in [0.25, 0.3) is 0 Å². The van der Waals surface area contributed by atoms with E-state index in [0.717, 1.165) is 17.5 Å². The van der Waals surface area contributed by atoms with E-state index in [1.54, 1.807) is 0 Å². The van der Waals surface area contributed by atoms with Crippen molar-refractivity contribution < 1.29 is 19.1 Å². The first kappa shape index (κ1) is 19.7. The number of ether oxygens (including phenoxy) is 2. The highest BCUT2D eigenvalue weighted by Gasteiger charge is 2.17. The number of rotatable bonds is 8. The largest absolute Gasteiger partial charge is 0.454 e. The third-order valence-electron chi connectivity index (χ3n) is 4.43. The molecular formula is C22H26N2O4. The fraction of sp³-hybridized carbons (Fsp3) is 0.364. The van der Waals surface area contributed by atoms with Crippen LogP contribution in [0.4, 0.5) is 0 Å². The Hall–Kier alpha value is -3.02. The summed E-state index contributed by atoms with van der Waals surface area (Å²) in [5.74, 6) is 1.66. The van der Waals surface area contributed by atoms with Gasteiger partial charge in [-0.15, -0.1) is 0 Å². The lowest BCUT2D eigenvalue weighted by Crippen LogP contribution is -2.32. The molecule has 1 aliphatic heterocycles. The highest BCUT2D eigenvalue weighted by atomic mass is 16.7. The van der Waals surface area contributed by atoms with Gasteiger partial charge in [-0.1, -0.05) is 49.3 Å². The van der Waals surface area contributed by atoms with Gasteiger partial charge in [0.2, 0.25) is 6.79 Å². The molecule has 148 valence electrons. The molecule has 1 heterocycles. The normalized spacial score (nSPS) is 14.1. The van der Waals surface area contributed by atoms with E-state index in [9.17, 15) is 4.79 Å². The van der Waals surface area contributed by atoms with Gasteiger partial charge in [0.05, 0.1) is 11.8 Å². The molecule has 0 spiro atoms. The first-order chi connectivity index (χ1) is 13.5. The van der Waals surface area contributed by atoms with Crippen molar-refractivity contribution >= 4 is 11.6 Å². The Morgan fingerprint density at radius 2 is 1.89 bits per heavy atom. The van der Waals surface area contributed by atoms with Gasteiger partial charge in [0, 0.05) is 5.56 Å². The van der Waals surface area contributed by atoms with E-state index in [0.29, 0.717) is 23.1 Å². The van der Waals surface area contributed by atoms with Gasteiger partial charge in [-0.05, 0) is 43.0 Å². The number of oxime groups is 1. The molecule has 3 rings (SSSR count). The summed E-state index contributed by atoms with van der Waals surface area (Å²) in [5, 5.41) is 7.10. The fourth-order valence-corrected chi connectivity index (χ4v) is 3.03. The quantitative estimate of drug-likeness (QED) is 0.552. The maximum atomic E-state index is 12.3. The van der Waals surface area contributed by atoms with Gasteiger partial charge in [0.25, 0.3) is 5.91 Å². The highest BCUT2D eigenvalue weighted by Crippen LogP contribution is 2.32. The van der Waals surface area contributed by atoms with Crippen LogP contribution >= 0.6 is 0 Å². The minimum atomic E-state index is -0.197. The van der Waals surface area contributed by atoms with Gasteiger partial charge in [0.1, 0.15) is 0 Å². The topological polar surface area (TPSA) is 69.2 Å². The molecule has 6 heteroatoms. The molecule has 28 heavy (non-hydrogen) atoms. The molecule has 2 aromatic carbocycles. The van der Waals surface area contributed by atoms with Gasteiger partial charge in [-0.2, -0.15) is 0 Å².